The zero-order valence-electron chi connectivity index (χ0n) is 18.4. The minimum absolute atomic E-state index is 0. The zero-order valence-corrected chi connectivity index (χ0v) is 19.2. The molecule has 0 N–H and O–H groups in total. The van der Waals surface area contributed by atoms with Gasteiger partial charge in [-0.3, -0.25) is 4.90 Å². The SMILES string of the molecule is Cc1ccc(C2CCN(Cc3ccccc3)CC2COc2ccc3cc2OCO3)cc1.Cl. The third kappa shape index (κ3) is 5.20. The van der Waals surface area contributed by atoms with Crippen LogP contribution in [0.5, 0.6) is 17.2 Å². The fraction of sp³-hybridized carbons (Fsp3) is 0.333. The molecule has 0 saturated carbocycles. The first-order valence-corrected chi connectivity index (χ1v) is 11.1. The molecule has 0 amide bonds. The van der Waals surface area contributed by atoms with Crippen LogP contribution >= 0.6 is 12.4 Å². The standard InChI is InChI=1S/C27H29NO3.ClH/c1-20-7-9-22(10-8-20)25-13-14-28(16-21-5-3-2-4-6-21)17-23(25)18-29-26-12-11-24-15-27(26)31-19-30-24;/h2-12,15,23,25H,13-14,16-19H2,1H3;1H. The van der Waals surface area contributed by atoms with Crippen LogP contribution in [0.1, 0.15) is 29.0 Å². The lowest BCUT2D eigenvalue weighted by molar-refractivity contribution is 0.0872. The van der Waals surface area contributed by atoms with Gasteiger partial charge in [-0.05, 0) is 49.1 Å². The lowest BCUT2D eigenvalue weighted by Crippen LogP contribution is -2.41. The summed E-state index contributed by atoms with van der Waals surface area (Å²) in [4.78, 5) is 2.56. The van der Waals surface area contributed by atoms with E-state index in [2.05, 4.69) is 66.4 Å². The molecule has 168 valence electrons. The first-order chi connectivity index (χ1) is 15.2. The Morgan fingerprint density at radius 2 is 1.78 bits per heavy atom. The Balaban J connectivity index is 0.00000245. The molecule has 4 nitrogen and oxygen atoms in total. The van der Waals surface area contributed by atoms with Gasteiger partial charge in [0.2, 0.25) is 6.79 Å². The number of piperidine rings is 1. The van der Waals surface area contributed by atoms with Gasteiger partial charge in [0.15, 0.2) is 11.5 Å². The molecule has 2 aliphatic rings. The first-order valence-electron chi connectivity index (χ1n) is 11.1. The van der Waals surface area contributed by atoms with Crippen LogP contribution < -0.4 is 14.2 Å². The number of rotatable bonds is 6. The summed E-state index contributed by atoms with van der Waals surface area (Å²) in [6.45, 7) is 6.17. The minimum atomic E-state index is 0. The van der Waals surface area contributed by atoms with Gasteiger partial charge in [-0.2, -0.15) is 0 Å². The number of benzene rings is 3. The van der Waals surface area contributed by atoms with E-state index in [0.717, 1.165) is 43.3 Å². The molecule has 3 aromatic carbocycles. The number of hydrogen-bond donors (Lipinski definition) is 0. The van der Waals surface area contributed by atoms with Gasteiger partial charge < -0.3 is 14.2 Å². The Morgan fingerprint density at radius 1 is 0.969 bits per heavy atom. The van der Waals surface area contributed by atoms with Gasteiger partial charge in [0, 0.05) is 25.1 Å². The molecular weight excluding hydrogens is 422 g/mol. The molecule has 5 heteroatoms. The van der Waals surface area contributed by atoms with Crippen molar-refractivity contribution in [2.75, 3.05) is 26.5 Å². The molecule has 1 saturated heterocycles. The Labute approximate surface area is 196 Å². The first kappa shape index (κ1) is 22.5. The fourth-order valence-electron chi connectivity index (χ4n) is 4.68. The number of aryl methyl sites for hydroxylation is 1. The number of hydrogen-bond acceptors (Lipinski definition) is 4. The summed E-state index contributed by atoms with van der Waals surface area (Å²) in [5.74, 6) is 3.31. The molecule has 0 spiro atoms. The van der Waals surface area contributed by atoms with Crippen LogP contribution in [-0.2, 0) is 6.54 Å². The van der Waals surface area contributed by atoms with Crippen LogP contribution in [0.15, 0.2) is 72.8 Å². The highest BCUT2D eigenvalue weighted by atomic mass is 35.5. The maximum Gasteiger partial charge on any atom is 0.231 e. The summed E-state index contributed by atoms with van der Waals surface area (Å²) in [5, 5.41) is 0. The summed E-state index contributed by atoms with van der Waals surface area (Å²) in [6.07, 6.45) is 1.14. The predicted octanol–water partition coefficient (Wildman–Crippen LogP) is 5.83. The van der Waals surface area contributed by atoms with E-state index >= 15 is 0 Å². The third-order valence-corrected chi connectivity index (χ3v) is 6.38. The summed E-state index contributed by atoms with van der Waals surface area (Å²) < 4.78 is 17.3. The zero-order chi connectivity index (χ0) is 21.0. The quantitative estimate of drug-likeness (QED) is 0.471. The molecule has 2 atom stereocenters. The van der Waals surface area contributed by atoms with Gasteiger partial charge in [-0.1, -0.05) is 60.2 Å². The second kappa shape index (κ2) is 10.3. The number of halogens is 1. The number of fused-ring (bicyclic) bond motifs is 2. The largest absolute Gasteiger partial charge is 0.489 e. The van der Waals surface area contributed by atoms with E-state index in [9.17, 15) is 0 Å². The molecule has 3 aromatic rings. The van der Waals surface area contributed by atoms with Crippen molar-refractivity contribution in [2.24, 2.45) is 5.92 Å². The van der Waals surface area contributed by atoms with Crippen LogP contribution in [0.4, 0.5) is 0 Å². The molecular formula is C27H30ClNO3. The van der Waals surface area contributed by atoms with Crippen LogP contribution in [0.25, 0.3) is 0 Å². The lowest BCUT2D eigenvalue weighted by Gasteiger charge is -2.39. The van der Waals surface area contributed by atoms with Crippen molar-refractivity contribution < 1.29 is 14.2 Å². The van der Waals surface area contributed by atoms with Gasteiger partial charge in [0.1, 0.15) is 5.75 Å². The van der Waals surface area contributed by atoms with Crippen molar-refractivity contribution in [2.45, 2.75) is 25.8 Å². The van der Waals surface area contributed by atoms with E-state index in [1.54, 1.807) is 0 Å². The normalized spacial score (nSPS) is 19.9. The molecule has 2 aliphatic heterocycles. The molecule has 2 unspecified atom stereocenters. The minimum Gasteiger partial charge on any atom is -0.489 e. The van der Waals surface area contributed by atoms with E-state index in [4.69, 9.17) is 14.2 Å². The number of nitrogens with zero attached hydrogens (tertiary/aromatic N) is 1. The number of ether oxygens (including phenoxy) is 3. The molecule has 2 bridgehead atoms. The van der Waals surface area contributed by atoms with Crippen LogP contribution in [0.2, 0.25) is 0 Å². The van der Waals surface area contributed by atoms with Gasteiger partial charge in [0.25, 0.3) is 0 Å². The Hall–Kier alpha value is -2.69. The van der Waals surface area contributed by atoms with E-state index < -0.39 is 0 Å². The van der Waals surface area contributed by atoms with Crippen molar-refractivity contribution in [1.29, 1.82) is 0 Å². The predicted molar refractivity (Wildman–Crippen MR) is 129 cm³/mol. The highest BCUT2D eigenvalue weighted by Crippen LogP contribution is 2.37. The van der Waals surface area contributed by atoms with E-state index in [0.29, 0.717) is 18.4 Å². The van der Waals surface area contributed by atoms with Crippen LogP contribution in [0, 0.1) is 12.8 Å². The molecule has 0 aromatic heterocycles. The topological polar surface area (TPSA) is 30.9 Å². The maximum absolute atomic E-state index is 6.32. The summed E-state index contributed by atoms with van der Waals surface area (Å²) in [6, 6.07) is 25.6. The van der Waals surface area contributed by atoms with Crippen molar-refractivity contribution in [1.82, 2.24) is 4.90 Å². The van der Waals surface area contributed by atoms with Crippen molar-refractivity contribution in [3.8, 4) is 17.2 Å². The molecule has 1 fully saturated rings. The Kier molecular flexibility index (Phi) is 7.23. The van der Waals surface area contributed by atoms with Crippen molar-refractivity contribution in [3.63, 3.8) is 0 Å². The van der Waals surface area contributed by atoms with Gasteiger partial charge in [0.05, 0.1) is 6.61 Å². The average Bonchev–Trinajstić information content (AvgIpc) is 2.80. The third-order valence-electron chi connectivity index (χ3n) is 6.38. The Morgan fingerprint density at radius 3 is 2.59 bits per heavy atom. The van der Waals surface area contributed by atoms with E-state index in [-0.39, 0.29) is 19.2 Å². The molecule has 2 heterocycles. The summed E-state index contributed by atoms with van der Waals surface area (Å²) in [7, 11) is 0. The van der Waals surface area contributed by atoms with Gasteiger partial charge >= 0.3 is 0 Å². The van der Waals surface area contributed by atoms with Crippen LogP contribution in [0.3, 0.4) is 0 Å². The molecule has 0 aliphatic carbocycles. The van der Waals surface area contributed by atoms with E-state index in [1.807, 2.05) is 18.2 Å². The summed E-state index contributed by atoms with van der Waals surface area (Å²) >= 11 is 0. The maximum atomic E-state index is 6.32. The molecule has 0 radical (unpaired) electrons. The Bertz CT molecular complexity index is 1010. The van der Waals surface area contributed by atoms with Crippen molar-refractivity contribution in [3.05, 3.63) is 89.5 Å². The highest BCUT2D eigenvalue weighted by molar-refractivity contribution is 5.85. The van der Waals surface area contributed by atoms with Gasteiger partial charge in [-0.25, -0.2) is 0 Å². The monoisotopic (exact) mass is 451 g/mol. The highest BCUT2D eigenvalue weighted by Gasteiger charge is 2.31. The second-order valence-corrected chi connectivity index (χ2v) is 8.61. The number of likely N-dealkylation sites (tertiary alicyclic amines) is 1. The van der Waals surface area contributed by atoms with Crippen LogP contribution in [-0.4, -0.2) is 31.4 Å². The summed E-state index contributed by atoms with van der Waals surface area (Å²) in [5.41, 5.74) is 4.08. The molecule has 5 rings (SSSR count). The molecule has 32 heavy (non-hydrogen) atoms. The second-order valence-electron chi connectivity index (χ2n) is 8.61. The smallest absolute Gasteiger partial charge is 0.231 e. The van der Waals surface area contributed by atoms with Gasteiger partial charge in [-0.15, -0.1) is 12.4 Å². The van der Waals surface area contributed by atoms with E-state index in [1.165, 1.54) is 16.7 Å². The fourth-order valence-corrected chi connectivity index (χ4v) is 4.68. The lowest BCUT2D eigenvalue weighted by atomic mass is 9.80. The average molecular weight is 452 g/mol. The van der Waals surface area contributed by atoms with Crippen molar-refractivity contribution >= 4 is 12.4 Å².